The highest BCUT2D eigenvalue weighted by Crippen LogP contribution is 2.32. The molecular formula is C21H24O3. The van der Waals surface area contributed by atoms with Crippen LogP contribution < -0.4 is 0 Å². The van der Waals surface area contributed by atoms with Gasteiger partial charge in [-0.25, -0.2) is 4.79 Å². The van der Waals surface area contributed by atoms with Crippen molar-refractivity contribution < 1.29 is 14.6 Å². The molecule has 0 atom stereocenters. The van der Waals surface area contributed by atoms with E-state index in [1.165, 1.54) is 19.3 Å². The average Bonchev–Trinajstić information content (AvgIpc) is 2.67. The number of carbonyl (C=O) groups excluding carboxylic acids is 1. The Bertz CT molecular complexity index is 606. The van der Waals surface area contributed by atoms with Crippen LogP contribution >= 0.6 is 0 Å². The van der Waals surface area contributed by atoms with Crippen LogP contribution in [0.3, 0.4) is 0 Å². The van der Waals surface area contributed by atoms with Crippen LogP contribution in [-0.4, -0.2) is 17.7 Å². The smallest absolute Gasteiger partial charge is 0.347 e. The summed E-state index contributed by atoms with van der Waals surface area (Å²) in [5.41, 5.74) is -0.702. The topological polar surface area (TPSA) is 46.5 Å². The normalized spacial score (nSPS) is 15.9. The Balaban J connectivity index is 1.83. The van der Waals surface area contributed by atoms with E-state index in [9.17, 15) is 9.90 Å². The highest BCUT2D eigenvalue weighted by Gasteiger charge is 2.41. The molecule has 24 heavy (non-hydrogen) atoms. The van der Waals surface area contributed by atoms with Crippen molar-refractivity contribution in [2.45, 2.75) is 37.7 Å². The zero-order valence-electron chi connectivity index (χ0n) is 13.9. The third-order valence-electron chi connectivity index (χ3n) is 4.85. The Morgan fingerprint density at radius 3 is 1.92 bits per heavy atom. The minimum atomic E-state index is -1.77. The number of hydrogen-bond donors (Lipinski definition) is 1. The molecular weight excluding hydrogens is 300 g/mol. The second kappa shape index (κ2) is 7.63. The molecule has 0 bridgehead atoms. The van der Waals surface area contributed by atoms with Crippen LogP contribution in [0.4, 0.5) is 0 Å². The van der Waals surface area contributed by atoms with E-state index in [-0.39, 0.29) is 0 Å². The van der Waals surface area contributed by atoms with Crippen LogP contribution in [0.1, 0.15) is 43.2 Å². The van der Waals surface area contributed by atoms with Gasteiger partial charge in [-0.1, -0.05) is 79.9 Å². The SMILES string of the molecule is O=C(OCC1CCCCC1)C(O)(c1ccccc1)c1ccccc1. The average molecular weight is 324 g/mol. The molecule has 0 spiro atoms. The van der Waals surface area contributed by atoms with E-state index in [1.54, 1.807) is 24.3 Å². The highest BCUT2D eigenvalue weighted by atomic mass is 16.5. The molecule has 1 aliphatic rings. The molecule has 2 aromatic rings. The fraction of sp³-hybridized carbons (Fsp3) is 0.381. The molecule has 1 aliphatic carbocycles. The number of hydrogen-bond acceptors (Lipinski definition) is 3. The van der Waals surface area contributed by atoms with Gasteiger partial charge in [0.05, 0.1) is 6.61 Å². The van der Waals surface area contributed by atoms with E-state index >= 15 is 0 Å². The third kappa shape index (κ3) is 3.51. The molecule has 2 aromatic carbocycles. The molecule has 126 valence electrons. The lowest BCUT2D eigenvalue weighted by molar-refractivity contribution is -0.164. The van der Waals surface area contributed by atoms with Gasteiger partial charge in [0, 0.05) is 0 Å². The van der Waals surface area contributed by atoms with E-state index in [1.807, 2.05) is 36.4 Å². The van der Waals surface area contributed by atoms with Gasteiger partial charge in [-0.2, -0.15) is 0 Å². The summed E-state index contributed by atoms with van der Waals surface area (Å²) in [6, 6.07) is 18.0. The maximum Gasteiger partial charge on any atom is 0.347 e. The minimum Gasteiger partial charge on any atom is -0.463 e. The fourth-order valence-corrected chi connectivity index (χ4v) is 3.41. The first-order chi connectivity index (χ1) is 11.7. The van der Waals surface area contributed by atoms with Gasteiger partial charge in [0.1, 0.15) is 0 Å². The molecule has 0 radical (unpaired) electrons. The monoisotopic (exact) mass is 324 g/mol. The molecule has 1 fully saturated rings. The van der Waals surface area contributed by atoms with Crippen LogP contribution in [0.15, 0.2) is 60.7 Å². The van der Waals surface area contributed by atoms with Gasteiger partial charge < -0.3 is 9.84 Å². The summed E-state index contributed by atoms with van der Waals surface area (Å²) in [5.74, 6) is -0.177. The summed E-state index contributed by atoms with van der Waals surface area (Å²) >= 11 is 0. The lowest BCUT2D eigenvalue weighted by atomic mass is 9.86. The Morgan fingerprint density at radius 1 is 0.917 bits per heavy atom. The van der Waals surface area contributed by atoms with E-state index < -0.39 is 11.6 Å². The lowest BCUT2D eigenvalue weighted by Crippen LogP contribution is -2.39. The van der Waals surface area contributed by atoms with Gasteiger partial charge in [-0.3, -0.25) is 0 Å². The van der Waals surface area contributed by atoms with Gasteiger partial charge in [0.25, 0.3) is 0 Å². The summed E-state index contributed by atoms with van der Waals surface area (Å²) in [5, 5.41) is 11.3. The third-order valence-corrected chi connectivity index (χ3v) is 4.85. The van der Waals surface area contributed by atoms with Crippen LogP contribution in [0.2, 0.25) is 0 Å². The van der Waals surface area contributed by atoms with Gasteiger partial charge in [0.15, 0.2) is 0 Å². The molecule has 0 unspecified atom stereocenters. The zero-order valence-corrected chi connectivity index (χ0v) is 13.9. The van der Waals surface area contributed by atoms with Crippen molar-refractivity contribution in [3.05, 3.63) is 71.8 Å². The predicted molar refractivity (Wildman–Crippen MR) is 93.4 cm³/mol. The molecule has 1 N–H and O–H groups in total. The van der Waals surface area contributed by atoms with Crippen molar-refractivity contribution in [2.75, 3.05) is 6.61 Å². The van der Waals surface area contributed by atoms with Gasteiger partial charge in [-0.15, -0.1) is 0 Å². The second-order valence-corrected chi connectivity index (χ2v) is 6.54. The van der Waals surface area contributed by atoms with E-state index in [0.29, 0.717) is 23.7 Å². The van der Waals surface area contributed by atoms with Crippen molar-refractivity contribution in [2.24, 2.45) is 5.92 Å². The number of aliphatic hydroxyl groups is 1. The van der Waals surface area contributed by atoms with Gasteiger partial charge in [-0.05, 0) is 29.9 Å². The van der Waals surface area contributed by atoms with Crippen molar-refractivity contribution >= 4 is 5.97 Å². The minimum absolute atomic E-state index is 0.390. The summed E-state index contributed by atoms with van der Waals surface area (Å²) in [6.07, 6.45) is 5.86. The molecule has 0 aliphatic heterocycles. The van der Waals surface area contributed by atoms with E-state index in [4.69, 9.17) is 4.74 Å². The zero-order chi connectivity index (χ0) is 16.8. The van der Waals surface area contributed by atoms with Gasteiger partial charge >= 0.3 is 5.97 Å². The molecule has 0 saturated heterocycles. The summed E-state index contributed by atoms with van der Waals surface area (Å²) in [4.78, 5) is 12.8. The van der Waals surface area contributed by atoms with Crippen molar-refractivity contribution in [1.82, 2.24) is 0 Å². The van der Waals surface area contributed by atoms with E-state index in [0.717, 1.165) is 12.8 Å². The number of benzene rings is 2. The molecule has 0 heterocycles. The van der Waals surface area contributed by atoms with Crippen LogP contribution in [-0.2, 0) is 15.1 Å². The Hall–Kier alpha value is -2.13. The van der Waals surface area contributed by atoms with Crippen molar-refractivity contribution in [1.29, 1.82) is 0 Å². The fourth-order valence-electron chi connectivity index (χ4n) is 3.41. The first-order valence-electron chi connectivity index (χ1n) is 8.72. The maximum absolute atomic E-state index is 12.8. The molecule has 3 rings (SSSR count). The first kappa shape index (κ1) is 16.7. The quantitative estimate of drug-likeness (QED) is 0.844. The van der Waals surface area contributed by atoms with Gasteiger partial charge in [0.2, 0.25) is 5.60 Å². The predicted octanol–water partition coefficient (Wildman–Crippen LogP) is 4.05. The Labute approximate surface area is 143 Å². The maximum atomic E-state index is 12.8. The molecule has 0 aromatic heterocycles. The highest BCUT2D eigenvalue weighted by molar-refractivity contribution is 5.85. The number of esters is 1. The number of rotatable bonds is 5. The first-order valence-corrected chi connectivity index (χ1v) is 8.72. The summed E-state index contributed by atoms with van der Waals surface area (Å²) in [7, 11) is 0. The Kier molecular flexibility index (Phi) is 5.31. The molecule has 1 saturated carbocycles. The van der Waals surface area contributed by atoms with Crippen LogP contribution in [0.5, 0.6) is 0 Å². The standard InChI is InChI=1S/C21H24O3/c22-20(24-16-17-10-4-1-5-11-17)21(23,18-12-6-2-7-13-18)19-14-8-3-9-15-19/h2-3,6-9,12-15,17,23H,1,4-5,10-11,16H2. The summed E-state index contributed by atoms with van der Waals surface area (Å²) < 4.78 is 5.57. The Morgan fingerprint density at radius 2 is 1.42 bits per heavy atom. The molecule has 0 amide bonds. The van der Waals surface area contributed by atoms with Crippen molar-refractivity contribution in [3.63, 3.8) is 0 Å². The number of carbonyl (C=O) groups is 1. The second-order valence-electron chi connectivity index (χ2n) is 6.54. The van der Waals surface area contributed by atoms with Crippen LogP contribution in [0.25, 0.3) is 0 Å². The lowest BCUT2D eigenvalue weighted by Gasteiger charge is -2.29. The largest absolute Gasteiger partial charge is 0.463 e. The molecule has 3 nitrogen and oxygen atoms in total. The summed E-state index contributed by atoms with van der Waals surface area (Å²) in [6.45, 7) is 0.390. The molecule has 3 heteroatoms. The van der Waals surface area contributed by atoms with Crippen molar-refractivity contribution in [3.8, 4) is 0 Å². The van der Waals surface area contributed by atoms with E-state index in [2.05, 4.69) is 0 Å². The number of ether oxygens (including phenoxy) is 1. The van der Waals surface area contributed by atoms with Crippen LogP contribution in [0, 0.1) is 5.92 Å².